The molecule has 106 valence electrons. The van der Waals surface area contributed by atoms with E-state index in [-0.39, 0.29) is 5.54 Å². The lowest BCUT2D eigenvalue weighted by Gasteiger charge is -2.40. The predicted octanol–water partition coefficient (Wildman–Crippen LogP) is 0.766. The molecule has 0 aromatic heterocycles. The monoisotopic (exact) mass is 255 g/mol. The van der Waals surface area contributed by atoms with E-state index < -0.39 is 0 Å². The number of nitrogens with zero attached hydrogens (tertiary/aromatic N) is 2. The minimum Gasteiger partial charge on any atom is -0.381 e. The molecule has 2 aliphatic heterocycles. The molecule has 2 saturated heterocycles. The average Bonchev–Trinajstić information content (AvgIpc) is 2.68. The molecule has 2 N–H and O–H groups in total. The first kappa shape index (κ1) is 14.3. The molecular formula is C14H29N3O. The molecule has 2 heterocycles. The van der Waals surface area contributed by atoms with Crippen molar-refractivity contribution < 1.29 is 4.74 Å². The molecule has 4 nitrogen and oxygen atoms in total. The van der Waals surface area contributed by atoms with E-state index in [1.54, 1.807) is 0 Å². The number of likely N-dealkylation sites (tertiary alicyclic amines) is 1. The molecule has 0 amide bonds. The maximum atomic E-state index is 6.11. The average molecular weight is 255 g/mol. The molecule has 0 saturated carbocycles. The van der Waals surface area contributed by atoms with Crippen LogP contribution < -0.4 is 5.73 Å². The zero-order valence-corrected chi connectivity index (χ0v) is 12.2. The quantitative estimate of drug-likeness (QED) is 0.805. The SMILES string of the molecule is CC1CC(CN)(N(C)CC2CCOCC2)CN1C. The van der Waals surface area contributed by atoms with Crippen LogP contribution in [0.25, 0.3) is 0 Å². The second-order valence-corrected chi connectivity index (χ2v) is 6.33. The molecule has 0 bridgehead atoms. The first-order valence-electron chi connectivity index (χ1n) is 7.27. The van der Waals surface area contributed by atoms with E-state index in [4.69, 9.17) is 10.5 Å². The molecule has 0 aromatic carbocycles. The third-order valence-corrected chi connectivity index (χ3v) is 5.03. The largest absolute Gasteiger partial charge is 0.381 e. The summed E-state index contributed by atoms with van der Waals surface area (Å²) in [6.07, 6.45) is 3.60. The minimum atomic E-state index is 0.187. The predicted molar refractivity (Wildman–Crippen MR) is 74.7 cm³/mol. The lowest BCUT2D eigenvalue weighted by atomic mass is 9.91. The van der Waals surface area contributed by atoms with Crippen LogP contribution in [0.4, 0.5) is 0 Å². The Morgan fingerprint density at radius 3 is 2.56 bits per heavy atom. The topological polar surface area (TPSA) is 41.7 Å². The van der Waals surface area contributed by atoms with E-state index in [0.717, 1.165) is 32.2 Å². The van der Waals surface area contributed by atoms with E-state index in [0.29, 0.717) is 6.04 Å². The van der Waals surface area contributed by atoms with Gasteiger partial charge in [0, 0.05) is 44.4 Å². The Morgan fingerprint density at radius 2 is 2.06 bits per heavy atom. The van der Waals surface area contributed by atoms with Crippen LogP contribution in [-0.2, 0) is 4.74 Å². The molecular weight excluding hydrogens is 226 g/mol. The van der Waals surface area contributed by atoms with E-state index >= 15 is 0 Å². The van der Waals surface area contributed by atoms with Gasteiger partial charge in [-0.05, 0) is 46.2 Å². The van der Waals surface area contributed by atoms with Gasteiger partial charge in [0.25, 0.3) is 0 Å². The Hall–Kier alpha value is -0.160. The van der Waals surface area contributed by atoms with Crippen molar-refractivity contribution in [3.05, 3.63) is 0 Å². The van der Waals surface area contributed by atoms with Crippen molar-refractivity contribution in [1.29, 1.82) is 0 Å². The van der Waals surface area contributed by atoms with Gasteiger partial charge < -0.3 is 15.4 Å². The summed E-state index contributed by atoms with van der Waals surface area (Å²) < 4.78 is 5.44. The molecule has 0 spiro atoms. The van der Waals surface area contributed by atoms with Crippen molar-refractivity contribution in [1.82, 2.24) is 9.80 Å². The molecule has 0 radical (unpaired) electrons. The summed E-state index contributed by atoms with van der Waals surface area (Å²) in [5.74, 6) is 0.786. The van der Waals surface area contributed by atoms with Crippen LogP contribution in [0.15, 0.2) is 0 Å². The highest BCUT2D eigenvalue weighted by atomic mass is 16.5. The highest BCUT2D eigenvalue weighted by Gasteiger charge is 2.43. The second-order valence-electron chi connectivity index (χ2n) is 6.33. The Balaban J connectivity index is 1.95. The van der Waals surface area contributed by atoms with Crippen LogP contribution in [0.3, 0.4) is 0 Å². The van der Waals surface area contributed by atoms with Crippen molar-refractivity contribution in [3.8, 4) is 0 Å². The molecule has 2 unspecified atom stereocenters. The van der Waals surface area contributed by atoms with Gasteiger partial charge >= 0.3 is 0 Å². The Labute approximate surface area is 111 Å². The van der Waals surface area contributed by atoms with Crippen molar-refractivity contribution in [2.75, 3.05) is 46.9 Å². The fourth-order valence-corrected chi connectivity index (χ4v) is 3.48. The highest BCUT2D eigenvalue weighted by molar-refractivity contribution is 5.01. The molecule has 2 atom stereocenters. The molecule has 18 heavy (non-hydrogen) atoms. The van der Waals surface area contributed by atoms with E-state index in [1.165, 1.54) is 25.8 Å². The van der Waals surface area contributed by atoms with Crippen molar-refractivity contribution in [3.63, 3.8) is 0 Å². The maximum absolute atomic E-state index is 6.11. The summed E-state index contributed by atoms with van der Waals surface area (Å²) in [7, 11) is 4.47. The Kier molecular flexibility index (Phi) is 4.64. The summed E-state index contributed by atoms with van der Waals surface area (Å²) in [6, 6.07) is 0.644. The van der Waals surface area contributed by atoms with Crippen LogP contribution in [0.2, 0.25) is 0 Å². The maximum Gasteiger partial charge on any atom is 0.0470 e. The first-order chi connectivity index (χ1) is 8.57. The lowest BCUT2D eigenvalue weighted by Crippen LogP contribution is -2.55. The molecule has 2 rings (SSSR count). The van der Waals surface area contributed by atoms with Gasteiger partial charge in [-0.1, -0.05) is 0 Å². The summed E-state index contributed by atoms with van der Waals surface area (Å²) in [6.45, 7) is 7.21. The van der Waals surface area contributed by atoms with Crippen LogP contribution in [-0.4, -0.2) is 68.3 Å². The summed E-state index contributed by atoms with van der Waals surface area (Å²) >= 11 is 0. The smallest absolute Gasteiger partial charge is 0.0470 e. The highest BCUT2D eigenvalue weighted by Crippen LogP contribution is 2.31. The second kappa shape index (κ2) is 5.87. The number of hydrogen-bond donors (Lipinski definition) is 1. The number of hydrogen-bond acceptors (Lipinski definition) is 4. The summed E-state index contributed by atoms with van der Waals surface area (Å²) in [4.78, 5) is 4.97. The van der Waals surface area contributed by atoms with Crippen LogP contribution in [0.1, 0.15) is 26.2 Å². The molecule has 4 heteroatoms. The van der Waals surface area contributed by atoms with Gasteiger partial charge in [-0.15, -0.1) is 0 Å². The van der Waals surface area contributed by atoms with Crippen LogP contribution in [0, 0.1) is 5.92 Å². The third-order valence-electron chi connectivity index (χ3n) is 5.03. The number of ether oxygens (including phenoxy) is 1. The standard InChI is InChI=1S/C14H29N3O/c1-12-8-14(10-15,11-16(12)2)17(3)9-13-4-6-18-7-5-13/h12-13H,4-11,15H2,1-3H3. The first-order valence-corrected chi connectivity index (χ1v) is 7.27. The fraction of sp³-hybridized carbons (Fsp3) is 1.00. The zero-order chi connectivity index (χ0) is 13.2. The molecule has 2 fully saturated rings. The van der Waals surface area contributed by atoms with E-state index in [2.05, 4.69) is 30.8 Å². The van der Waals surface area contributed by atoms with Crippen molar-refractivity contribution in [2.45, 2.75) is 37.8 Å². The summed E-state index contributed by atoms with van der Waals surface area (Å²) in [5.41, 5.74) is 6.29. The molecule has 0 aromatic rings. The van der Waals surface area contributed by atoms with Gasteiger partial charge in [0.15, 0.2) is 0 Å². The number of likely N-dealkylation sites (N-methyl/N-ethyl adjacent to an activating group) is 2. The Morgan fingerprint density at radius 1 is 1.39 bits per heavy atom. The van der Waals surface area contributed by atoms with Gasteiger partial charge in [0.1, 0.15) is 0 Å². The van der Waals surface area contributed by atoms with Gasteiger partial charge in [-0.25, -0.2) is 0 Å². The van der Waals surface area contributed by atoms with Crippen LogP contribution >= 0.6 is 0 Å². The summed E-state index contributed by atoms with van der Waals surface area (Å²) in [5, 5.41) is 0. The normalized spacial score (nSPS) is 35.5. The third kappa shape index (κ3) is 2.87. The van der Waals surface area contributed by atoms with Crippen molar-refractivity contribution >= 4 is 0 Å². The van der Waals surface area contributed by atoms with Crippen LogP contribution in [0.5, 0.6) is 0 Å². The fourth-order valence-electron chi connectivity index (χ4n) is 3.48. The zero-order valence-electron chi connectivity index (χ0n) is 12.2. The van der Waals surface area contributed by atoms with Gasteiger partial charge in [-0.3, -0.25) is 4.90 Å². The molecule has 2 aliphatic rings. The number of rotatable bonds is 4. The van der Waals surface area contributed by atoms with Gasteiger partial charge in [0.2, 0.25) is 0 Å². The van der Waals surface area contributed by atoms with E-state index in [1.807, 2.05) is 0 Å². The van der Waals surface area contributed by atoms with Crippen molar-refractivity contribution in [2.24, 2.45) is 11.7 Å². The van der Waals surface area contributed by atoms with E-state index in [9.17, 15) is 0 Å². The lowest BCUT2D eigenvalue weighted by molar-refractivity contribution is 0.0363. The number of nitrogens with two attached hydrogens (primary N) is 1. The van der Waals surface area contributed by atoms with Gasteiger partial charge in [0.05, 0.1) is 0 Å². The molecule has 0 aliphatic carbocycles. The Bertz CT molecular complexity index is 256. The van der Waals surface area contributed by atoms with Gasteiger partial charge in [-0.2, -0.15) is 0 Å². The minimum absolute atomic E-state index is 0.187.